The highest BCUT2D eigenvalue weighted by Crippen LogP contribution is 2.26. The first kappa shape index (κ1) is 12.5. The van der Waals surface area contributed by atoms with Gasteiger partial charge in [-0.25, -0.2) is 4.39 Å². The first-order valence-electron chi connectivity index (χ1n) is 5.15. The van der Waals surface area contributed by atoms with Crippen LogP contribution in [0.3, 0.4) is 0 Å². The third-order valence-corrected chi connectivity index (χ3v) is 3.07. The Balaban J connectivity index is 2.89. The van der Waals surface area contributed by atoms with E-state index in [-0.39, 0.29) is 6.54 Å². The molecule has 2 N–H and O–H groups in total. The van der Waals surface area contributed by atoms with Crippen LogP contribution in [0.25, 0.3) is 0 Å². The number of alkyl halides is 1. The van der Waals surface area contributed by atoms with Gasteiger partial charge in [-0.05, 0) is 30.5 Å². The first-order valence-corrected chi connectivity index (χ1v) is 5.52. The van der Waals surface area contributed by atoms with Crippen LogP contribution in [0.5, 0.6) is 0 Å². The Hall–Kier alpha value is -0.600. The Labute approximate surface area is 95.4 Å². The molecule has 0 aromatic heterocycles. The van der Waals surface area contributed by atoms with E-state index in [0.717, 1.165) is 11.1 Å². The van der Waals surface area contributed by atoms with Gasteiger partial charge in [-0.15, -0.1) is 0 Å². The molecule has 0 bridgehead atoms. The summed E-state index contributed by atoms with van der Waals surface area (Å²) in [7, 11) is 0. The average Bonchev–Trinajstić information content (AvgIpc) is 2.22. The van der Waals surface area contributed by atoms with Crippen molar-refractivity contribution in [2.75, 3.05) is 6.54 Å². The molecule has 0 aliphatic heterocycles. The molecule has 0 heterocycles. The van der Waals surface area contributed by atoms with Gasteiger partial charge in [0.2, 0.25) is 0 Å². The number of nitrogens with two attached hydrogens (primary N) is 1. The lowest BCUT2D eigenvalue weighted by atomic mass is 9.93. The fourth-order valence-corrected chi connectivity index (χ4v) is 1.78. The van der Waals surface area contributed by atoms with Gasteiger partial charge in [-0.3, -0.25) is 0 Å². The average molecular weight is 230 g/mol. The number of halogens is 2. The summed E-state index contributed by atoms with van der Waals surface area (Å²) in [6.07, 6.45) is 0.701. The summed E-state index contributed by atoms with van der Waals surface area (Å²) in [5.41, 5.74) is 6.00. The lowest BCUT2D eigenvalue weighted by molar-refractivity contribution is 0.167. The molecule has 0 saturated heterocycles. The van der Waals surface area contributed by atoms with Crippen LogP contribution in [0.1, 0.15) is 24.5 Å². The van der Waals surface area contributed by atoms with E-state index < -0.39 is 5.67 Å². The standard InChI is InChI=1S/C12H17ClFN/c1-3-12(14,8-15)7-10-5-4-9(2)6-11(10)13/h4-6H,3,7-8,15H2,1-2H3. The third kappa shape index (κ3) is 3.18. The second-order valence-corrected chi connectivity index (χ2v) is 4.39. The lowest BCUT2D eigenvalue weighted by Gasteiger charge is -2.22. The van der Waals surface area contributed by atoms with E-state index in [1.807, 2.05) is 25.1 Å². The van der Waals surface area contributed by atoms with Gasteiger partial charge in [0.1, 0.15) is 5.67 Å². The van der Waals surface area contributed by atoms with Gasteiger partial charge in [-0.2, -0.15) is 0 Å². The van der Waals surface area contributed by atoms with Gasteiger partial charge in [0.05, 0.1) is 0 Å². The Morgan fingerprint density at radius 2 is 2.13 bits per heavy atom. The van der Waals surface area contributed by atoms with Gasteiger partial charge >= 0.3 is 0 Å². The van der Waals surface area contributed by atoms with E-state index in [2.05, 4.69) is 0 Å². The van der Waals surface area contributed by atoms with E-state index in [0.29, 0.717) is 17.9 Å². The summed E-state index contributed by atoms with van der Waals surface area (Å²) >= 11 is 6.04. The molecular weight excluding hydrogens is 213 g/mol. The Bertz CT molecular complexity index is 334. The predicted molar refractivity (Wildman–Crippen MR) is 63.1 cm³/mol. The van der Waals surface area contributed by atoms with Crippen LogP contribution < -0.4 is 5.73 Å². The summed E-state index contributed by atoms with van der Waals surface area (Å²) in [5.74, 6) is 0. The molecule has 0 fully saturated rings. The second kappa shape index (κ2) is 4.95. The van der Waals surface area contributed by atoms with E-state index in [1.54, 1.807) is 6.92 Å². The monoisotopic (exact) mass is 229 g/mol. The minimum atomic E-state index is -1.33. The minimum Gasteiger partial charge on any atom is -0.328 e. The van der Waals surface area contributed by atoms with Crippen molar-refractivity contribution < 1.29 is 4.39 Å². The summed E-state index contributed by atoms with van der Waals surface area (Å²) in [6, 6.07) is 5.66. The molecule has 84 valence electrons. The van der Waals surface area contributed by atoms with Crippen molar-refractivity contribution in [2.24, 2.45) is 5.73 Å². The van der Waals surface area contributed by atoms with Crippen molar-refractivity contribution in [3.63, 3.8) is 0 Å². The topological polar surface area (TPSA) is 26.0 Å². The normalized spacial score (nSPS) is 15.0. The van der Waals surface area contributed by atoms with Gasteiger partial charge in [0.25, 0.3) is 0 Å². The zero-order valence-electron chi connectivity index (χ0n) is 9.19. The summed E-state index contributed by atoms with van der Waals surface area (Å²) in [5, 5.41) is 0.624. The van der Waals surface area contributed by atoms with E-state index >= 15 is 0 Å². The SMILES string of the molecule is CCC(F)(CN)Cc1ccc(C)cc1Cl. The van der Waals surface area contributed by atoms with Crippen LogP contribution in [0.4, 0.5) is 4.39 Å². The molecule has 0 saturated carbocycles. The van der Waals surface area contributed by atoms with Crippen LogP contribution in [0.2, 0.25) is 5.02 Å². The van der Waals surface area contributed by atoms with Crippen molar-refractivity contribution in [1.82, 2.24) is 0 Å². The van der Waals surface area contributed by atoms with Crippen molar-refractivity contribution >= 4 is 11.6 Å². The molecule has 1 nitrogen and oxygen atoms in total. The lowest BCUT2D eigenvalue weighted by Crippen LogP contribution is -2.34. The molecule has 3 heteroatoms. The fourth-order valence-electron chi connectivity index (χ4n) is 1.48. The van der Waals surface area contributed by atoms with Crippen LogP contribution in [0.15, 0.2) is 18.2 Å². The van der Waals surface area contributed by atoms with Gasteiger partial charge in [0, 0.05) is 18.0 Å². The molecule has 1 aromatic rings. The summed E-state index contributed by atoms with van der Waals surface area (Å²) in [6.45, 7) is 3.80. The van der Waals surface area contributed by atoms with Gasteiger partial charge in [0.15, 0.2) is 0 Å². The quantitative estimate of drug-likeness (QED) is 0.843. The maximum atomic E-state index is 14.0. The van der Waals surface area contributed by atoms with Crippen molar-refractivity contribution in [2.45, 2.75) is 32.4 Å². The largest absolute Gasteiger partial charge is 0.328 e. The third-order valence-electron chi connectivity index (χ3n) is 2.72. The fraction of sp³-hybridized carbons (Fsp3) is 0.500. The Morgan fingerprint density at radius 1 is 1.47 bits per heavy atom. The van der Waals surface area contributed by atoms with E-state index in [9.17, 15) is 4.39 Å². The molecule has 1 rings (SSSR count). The molecule has 0 aliphatic carbocycles. The van der Waals surface area contributed by atoms with Crippen molar-refractivity contribution in [1.29, 1.82) is 0 Å². The first-order chi connectivity index (χ1) is 7.00. The van der Waals surface area contributed by atoms with Crippen molar-refractivity contribution in [3.05, 3.63) is 34.3 Å². The zero-order chi connectivity index (χ0) is 11.5. The molecule has 0 amide bonds. The molecule has 1 aromatic carbocycles. The Kier molecular flexibility index (Phi) is 4.12. The highest BCUT2D eigenvalue weighted by atomic mass is 35.5. The molecule has 1 unspecified atom stereocenters. The summed E-state index contributed by atoms with van der Waals surface area (Å²) in [4.78, 5) is 0. The molecule has 0 radical (unpaired) electrons. The van der Waals surface area contributed by atoms with Crippen molar-refractivity contribution in [3.8, 4) is 0 Å². The highest BCUT2D eigenvalue weighted by molar-refractivity contribution is 6.31. The van der Waals surface area contributed by atoms with Crippen LogP contribution in [-0.2, 0) is 6.42 Å². The number of rotatable bonds is 4. The number of hydrogen-bond acceptors (Lipinski definition) is 1. The molecule has 0 aliphatic rings. The zero-order valence-corrected chi connectivity index (χ0v) is 9.94. The Morgan fingerprint density at radius 3 is 2.60 bits per heavy atom. The summed E-state index contributed by atoms with van der Waals surface area (Å²) < 4.78 is 14.0. The number of benzene rings is 1. The number of aryl methyl sites for hydroxylation is 1. The van der Waals surface area contributed by atoms with E-state index in [1.165, 1.54) is 0 Å². The predicted octanol–water partition coefficient (Wildman–Crippen LogP) is 3.27. The number of hydrogen-bond donors (Lipinski definition) is 1. The minimum absolute atomic E-state index is 0.0354. The van der Waals surface area contributed by atoms with Crippen LogP contribution >= 0.6 is 11.6 Å². The second-order valence-electron chi connectivity index (χ2n) is 3.98. The molecule has 15 heavy (non-hydrogen) atoms. The van der Waals surface area contributed by atoms with E-state index in [4.69, 9.17) is 17.3 Å². The molecular formula is C12H17ClFN. The maximum absolute atomic E-state index is 14.0. The smallest absolute Gasteiger partial charge is 0.127 e. The molecule has 1 atom stereocenters. The van der Waals surface area contributed by atoms with Gasteiger partial charge in [-0.1, -0.05) is 30.7 Å². The van der Waals surface area contributed by atoms with Crippen LogP contribution in [-0.4, -0.2) is 12.2 Å². The highest BCUT2D eigenvalue weighted by Gasteiger charge is 2.26. The van der Waals surface area contributed by atoms with Crippen LogP contribution in [0, 0.1) is 6.92 Å². The van der Waals surface area contributed by atoms with Gasteiger partial charge < -0.3 is 5.73 Å². The maximum Gasteiger partial charge on any atom is 0.127 e. The molecule has 0 spiro atoms.